The van der Waals surface area contributed by atoms with E-state index in [1.807, 2.05) is 6.07 Å². The van der Waals surface area contributed by atoms with Crippen molar-refractivity contribution in [3.63, 3.8) is 0 Å². The van der Waals surface area contributed by atoms with Crippen LogP contribution in [0.25, 0.3) is 0 Å². The summed E-state index contributed by atoms with van der Waals surface area (Å²) in [5, 5.41) is 13.2. The number of nitrogens with zero attached hydrogens (tertiary/aromatic N) is 1. The zero-order valence-corrected chi connectivity index (χ0v) is 15.4. The second-order valence-corrected chi connectivity index (χ2v) is 6.89. The molecule has 1 aliphatic rings. The van der Waals surface area contributed by atoms with Gasteiger partial charge in [-0.2, -0.15) is 0 Å². The summed E-state index contributed by atoms with van der Waals surface area (Å²) in [6.45, 7) is 3.99. The molecule has 2 amide bonds. The molecule has 2 heterocycles. The molecule has 7 nitrogen and oxygen atoms in total. The summed E-state index contributed by atoms with van der Waals surface area (Å²) in [6, 6.07) is 10.1. The molecular weight excluding hydrogens is 346 g/mol. The molecule has 142 valence electrons. The number of benzene rings is 1. The number of aromatic amines is 1. The van der Waals surface area contributed by atoms with Crippen LogP contribution in [0.3, 0.4) is 0 Å². The summed E-state index contributed by atoms with van der Waals surface area (Å²) in [7, 11) is 0. The number of aromatic nitrogens is 1. The van der Waals surface area contributed by atoms with Crippen LogP contribution >= 0.6 is 0 Å². The van der Waals surface area contributed by atoms with E-state index in [9.17, 15) is 19.5 Å². The highest BCUT2D eigenvalue weighted by atomic mass is 16.3. The van der Waals surface area contributed by atoms with E-state index in [2.05, 4.69) is 10.3 Å². The highest BCUT2D eigenvalue weighted by molar-refractivity contribution is 5.96. The largest absolute Gasteiger partial charge is 0.389 e. The van der Waals surface area contributed by atoms with Crippen molar-refractivity contribution >= 4 is 11.8 Å². The van der Waals surface area contributed by atoms with Crippen LogP contribution in [0.1, 0.15) is 38.4 Å². The minimum atomic E-state index is -0.903. The van der Waals surface area contributed by atoms with Crippen molar-refractivity contribution in [1.82, 2.24) is 15.2 Å². The van der Waals surface area contributed by atoms with Gasteiger partial charge in [0, 0.05) is 24.3 Å². The standard InChI is InChI=1S/C20H23N3O4/c1-12-10-13(2)21-18(25)17(12)19(26)22-15-8-9-23(11-16(15)24)20(27)14-6-4-3-5-7-14/h3-7,10,15-16,24H,8-9,11H2,1-2H3,(H,21,25)(H,22,26)/t15-,16-/m1/s1. The van der Waals surface area contributed by atoms with E-state index >= 15 is 0 Å². The fourth-order valence-electron chi connectivity index (χ4n) is 3.42. The number of H-pyrrole nitrogens is 1. The lowest BCUT2D eigenvalue weighted by molar-refractivity contribution is 0.0314. The number of pyridine rings is 1. The van der Waals surface area contributed by atoms with Gasteiger partial charge in [-0.05, 0) is 44.0 Å². The molecular formula is C20H23N3O4. The van der Waals surface area contributed by atoms with Gasteiger partial charge in [0.25, 0.3) is 17.4 Å². The maximum atomic E-state index is 12.5. The first-order chi connectivity index (χ1) is 12.9. The number of carbonyl (C=O) groups excluding carboxylic acids is 2. The van der Waals surface area contributed by atoms with E-state index in [0.29, 0.717) is 29.8 Å². The molecule has 1 saturated heterocycles. The lowest BCUT2D eigenvalue weighted by Crippen LogP contribution is -2.55. The number of likely N-dealkylation sites (tertiary alicyclic amines) is 1. The monoisotopic (exact) mass is 369 g/mol. The molecule has 1 aliphatic heterocycles. The Balaban J connectivity index is 1.66. The molecule has 7 heteroatoms. The van der Waals surface area contributed by atoms with Gasteiger partial charge >= 0.3 is 0 Å². The second-order valence-electron chi connectivity index (χ2n) is 6.89. The van der Waals surface area contributed by atoms with Crippen LogP contribution in [-0.2, 0) is 0 Å². The van der Waals surface area contributed by atoms with E-state index in [4.69, 9.17) is 0 Å². The quantitative estimate of drug-likeness (QED) is 0.751. The summed E-state index contributed by atoms with van der Waals surface area (Å²) >= 11 is 0. The average Bonchev–Trinajstić information content (AvgIpc) is 2.62. The first-order valence-electron chi connectivity index (χ1n) is 8.90. The van der Waals surface area contributed by atoms with Gasteiger partial charge in [0.2, 0.25) is 0 Å². The number of amides is 2. The fourth-order valence-corrected chi connectivity index (χ4v) is 3.42. The van der Waals surface area contributed by atoms with E-state index in [0.717, 1.165) is 0 Å². The maximum absolute atomic E-state index is 12.5. The number of hydrogen-bond donors (Lipinski definition) is 3. The van der Waals surface area contributed by atoms with Gasteiger partial charge in [-0.1, -0.05) is 18.2 Å². The molecule has 0 radical (unpaired) electrons. The zero-order chi connectivity index (χ0) is 19.6. The first-order valence-corrected chi connectivity index (χ1v) is 8.90. The van der Waals surface area contributed by atoms with Crippen LogP contribution in [0.5, 0.6) is 0 Å². The molecule has 2 atom stereocenters. The average molecular weight is 369 g/mol. The molecule has 0 aliphatic carbocycles. The van der Waals surface area contributed by atoms with Gasteiger partial charge in [0.15, 0.2) is 0 Å². The number of hydrogen-bond acceptors (Lipinski definition) is 4. The van der Waals surface area contributed by atoms with Crippen LogP contribution in [-0.4, -0.2) is 52.0 Å². The fraction of sp³-hybridized carbons (Fsp3) is 0.350. The molecule has 0 unspecified atom stereocenters. The molecule has 1 fully saturated rings. The minimum Gasteiger partial charge on any atom is -0.389 e. The molecule has 3 rings (SSSR count). The van der Waals surface area contributed by atoms with E-state index in [1.54, 1.807) is 49.1 Å². The number of nitrogens with one attached hydrogen (secondary N) is 2. The Morgan fingerprint density at radius 2 is 1.93 bits per heavy atom. The summed E-state index contributed by atoms with van der Waals surface area (Å²) in [6.07, 6.45) is -0.492. The first kappa shape index (κ1) is 18.8. The molecule has 0 bridgehead atoms. The minimum absolute atomic E-state index is 0.0515. The van der Waals surface area contributed by atoms with Gasteiger partial charge in [-0.3, -0.25) is 14.4 Å². The van der Waals surface area contributed by atoms with E-state index < -0.39 is 23.6 Å². The molecule has 1 aromatic carbocycles. The lowest BCUT2D eigenvalue weighted by Gasteiger charge is -2.36. The molecule has 0 spiro atoms. The van der Waals surface area contributed by atoms with Gasteiger partial charge < -0.3 is 20.3 Å². The predicted octanol–water partition coefficient (Wildman–Crippen LogP) is 0.997. The van der Waals surface area contributed by atoms with Crippen molar-refractivity contribution in [3.05, 3.63) is 69.1 Å². The summed E-state index contributed by atoms with van der Waals surface area (Å²) in [4.78, 5) is 41.3. The zero-order valence-electron chi connectivity index (χ0n) is 15.4. The van der Waals surface area contributed by atoms with Crippen LogP contribution in [0.15, 0.2) is 41.2 Å². The van der Waals surface area contributed by atoms with Gasteiger partial charge in [-0.15, -0.1) is 0 Å². The van der Waals surface area contributed by atoms with Crippen LogP contribution in [0.4, 0.5) is 0 Å². The molecule has 1 aromatic heterocycles. The molecule has 3 N–H and O–H groups in total. The SMILES string of the molecule is Cc1cc(C)c(C(=O)N[C@@H]2CCN(C(=O)c3ccccc3)C[C@H]2O)c(=O)[nH]1. The van der Waals surface area contributed by atoms with Crippen molar-refractivity contribution < 1.29 is 14.7 Å². The smallest absolute Gasteiger partial charge is 0.261 e. The van der Waals surface area contributed by atoms with Crippen molar-refractivity contribution in [2.75, 3.05) is 13.1 Å². The predicted molar refractivity (Wildman–Crippen MR) is 101 cm³/mol. The number of carbonyl (C=O) groups is 2. The summed E-state index contributed by atoms with van der Waals surface area (Å²) < 4.78 is 0. The topological polar surface area (TPSA) is 102 Å². The van der Waals surface area contributed by atoms with Crippen LogP contribution in [0, 0.1) is 13.8 Å². The highest BCUT2D eigenvalue weighted by Gasteiger charge is 2.32. The van der Waals surface area contributed by atoms with Crippen molar-refractivity contribution in [2.24, 2.45) is 0 Å². The Bertz CT molecular complexity index is 907. The highest BCUT2D eigenvalue weighted by Crippen LogP contribution is 2.15. The molecule has 27 heavy (non-hydrogen) atoms. The number of piperidine rings is 1. The van der Waals surface area contributed by atoms with Gasteiger partial charge in [0.1, 0.15) is 5.56 Å². The third-order valence-electron chi connectivity index (χ3n) is 4.80. The van der Waals surface area contributed by atoms with E-state index in [1.165, 1.54) is 0 Å². The Hall–Kier alpha value is -2.93. The van der Waals surface area contributed by atoms with Crippen LogP contribution in [0.2, 0.25) is 0 Å². The normalized spacial score (nSPS) is 19.6. The van der Waals surface area contributed by atoms with Crippen LogP contribution < -0.4 is 10.9 Å². The second kappa shape index (κ2) is 7.75. The number of aryl methyl sites for hydroxylation is 2. The number of β-amino-alcohol motifs (C(OH)–C–C–N with tert-alkyl or cyclic N) is 1. The summed E-state index contributed by atoms with van der Waals surface area (Å²) in [5.41, 5.74) is 1.43. The Kier molecular flexibility index (Phi) is 5.41. The Morgan fingerprint density at radius 3 is 2.56 bits per heavy atom. The lowest BCUT2D eigenvalue weighted by atomic mass is 10.00. The molecule has 0 saturated carbocycles. The number of aliphatic hydroxyl groups excluding tert-OH is 1. The van der Waals surface area contributed by atoms with Gasteiger partial charge in [-0.25, -0.2) is 0 Å². The van der Waals surface area contributed by atoms with Crippen molar-refractivity contribution in [2.45, 2.75) is 32.4 Å². The third kappa shape index (κ3) is 4.09. The third-order valence-corrected chi connectivity index (χ3v) is 4.80. The van der Waals surface area contributed by atoms with E-state index in [-0.39, 0.29) is 18.0 Å². The molecule has 2 aromatic rings. The van der Waals surface area contributed by atoms with Crippen molar-refractivity contribution in [1.29, 1.82) is 0 Å². The maximum Gasteiger partial charge on any atom is 0.261 e. The Morgan fingerprint density at radius 1 is 1.22 bits per heavy atom. The Labute approximate surface area is 157 Å². The number of rotatable bonds is 3. The van der Waals surface area contributed by atoms with Crippen molar-refractivity contribution in [3.8, 4) is 0 Å². The number of aliphatic hydroxyl groups is 1. The van der Waals surface area contributed by atoms with Gasteiger partial charge in [0.05, 0.1) is 12.1 Å². The summed E-state index contributed by atoms with van der Waals surface area (Å²) in [5.74, 6) is -0.661.